The van der Waals surface area contributed by atoms with Crippen molar-refractivity contribution in [2.24, 2.45) is 0 Å². The normalized spacial score (nSPS) is 9.60. The monoisotopic (exact) mass is 229 g/mol. The van der Waals surface area contributed by atoms with Gasteiger partial charge in [0, 0.05) is 18.8 Å². The van der Waals surface area contributed by atoms with Crippen molar-refractivity contribution in [1.29, 1.82) is 0 Å². The maximum absolute atomic E-state index is 9.64. The molecular weight excluding hydrogens is 210 g/mol. The van der Waals surface area contributed by atoms with Gasteiger partial charge in [0.2, 0.25) is 0 Å². The average molecular weight is 230 g/mol. The number of halogens is 1. The standard InChI is InChI=1S/C12H19NO.ClH/c1-5-13(6-2)11-7-9(3)12(14)10(4)8-11;/h7-8,14H,5-6H2,1-4H3;1H. The number of benzene rings is 1. The summed E-state index contributed by atoms with van der Waals surface area (Å²) in [5.41, 5.74) is 3.10. The van der Waals surface area contributed by atoms with E-state index in [2.05, 4.69) is 18.7 Å². The molecule has 1 aromatic rings. The van der Waals surface area contributed by atoms with Gasteiger partial charge in [0.25, 0.3) is 0 Å². The summed E-state index contributed by atoms with van der Waals surface area (Å²) in [6.07, 6.45) is 0. The molecule has 0 aliphatic rings. The lowest BCUT2D eigenvalue weighted by atomic mass is 10.1. The van der Waals surface area contributed by atoms with Gasteiger partial charge in [0.15, 0.2) is 0 Å². The molecule has 0 aromatic heterocycles. The zero-order valence-electron chi connectivity index (χ0n) is 9.87. The van der Waals surface area contributed by atoms with E-state index in [9.17, 15) is 5.11 Å². The highest BCUT2D eigenvalue weighted by molar-refractivity contribution is 5.85. The third kappa shape index (κ3) is 3.03. The van der Waals surface area contributed by atoms with Gasteiger partial charge in [-0.1, -0.05) is 0 Å². The molecule has 0 unspecified atom stereocenters. The lowest BCUT2D eigenvalue weighted by Gasteiger charge is -2.22. The van der Waals surface area contributed by atoms with Gasteiger partial charge in [-0.3, -0.25) is 0 Å². The third-order valence-electron chi connectivity index (χ3n) is 2.60. The van der Waals surface area contributed by atoms with Crippen molar-refractivity contribution in [2.75, 3.05) is 18.0 Å². The quantitative estimate of drug-likeness (QED) is 0.860. The van der Waals surface area contributed by atoms with E-state index in [4.69, 9.17) is 0 Å². The van der Waals surface area contributed by atoms with Crippen molar-refractivity contribution in [1.82, 2.24) is 0 Å². The summed E-state index contributed by atoms with van der Waals surface area (Å²) in [6, 6.07) is 4.07. The Labute approximate surface area is 98.3 Å². The Morgan fingerprint density at radius 3 is 1.80 bits per heavy atom. The fourth-order valence-corrected chi connectivity index (χ4v) is 1.70. The number of hydrogen-bond acceptors (Lipinski definition) is 2. The molecule has 1 aromatic carbocycles. The van der Waals surface area contributed by atoms with E-state index >= 15 is 0 Å². The van der Waals surface area contributed by atoms with Crippen LogP contribution in [0.25, 0.3) is 0 Å². The molecule has 0 saturated carbocycles. The molecule has 2 nitrogen and oxygen atoms in total. The largest absolute Gasteiger partial charge is 0.507 e. The molecule has 15 heavy (non-hydrogen) atoms. The van der Waals surface area contributed by atoms with Crippen molar-refractivity contribution in [3.63, 3.8) is 0 Å². The number of rotatable bonds is 3. The highest BCUT2D eigenvalue weighted by atomic mass is 35.5. The number of aryl methyl sites for hydroxylation is 2. The van der Waals surface area contributed by atoms with Crippen LogP contribution >= 0.6 is 12.4 Å². The van der Waals surface area contributed by atoms with Crippen molar-refractivity contribution in [2.45, 2.75) is 27.7 Å². The summed E-state index contributed by atoms with van der Waals surface area (Å²) in [5, 5.41) is 9.64. The molecular formula is C12H20ClNO. The zero-order chi connectivity index (χ0) is 10.7. The van der Waals surface area contributed by atoms with Gasteiger partial charge in [-0.25, -0.2) is 0 Å². The highest BCUT2D eigenvalue weighted by Crippen LogP contribution is 2.27. The third-order valence-corrected chi connectivity index (χ3v) is 2.60. The smallest absolute Gasteiger partial charge is 0.121 e. The van der Waals surface area contributed by atoms with E-state index in [0.29, 0.717) is 5.75 Å². The number of phenolic OH excluding ortho intramolecular Hbond substituents is 1. The number of aromatic hydroxyl groups is 1. The van der Waals surface area contributed by atoms with Gasteiger partial charge in [-0.2, -0.15) is 0 Å². The van der Waals surface area contributed by atoms with Crippen LogP contribution < -0.4 is 4.90 Å². The Bertz CT molecular complexity index is 298. The van der Waals surface area contributed by atoms with Crippen LogP contribution in [-0.2, 0) is 0 Å². The van der Waals surface area contributed by atoms with Crippen LogP contribution in [0.15, 0.2) is 12.1 Å². The molecule has 1 N–H and O–H groups in total. The van der Waals surface area contributed by atoms with Crippen LogP contribution in [0.5, 0.6) is 5.75 Å². The summed E-state index contributed by atoms with van der Waals surface area (Å²) < 4.78 is 0. The Kier molecular flexibility index (Phi) is 5.51. The van der Waals surface area contributed by atoms with Gasteiger partial charge >= 0.3 is 0 Å². The molecule has 0 spiro atoms. The summed E-state index contributed by atoms with van der Waals surface area (Å²) >= 11 is 0. The highest BCUT2D eigenvalue weighted by Gasteiger charge is 2.06. The molecule has 0 aliphatic heterocycles. The lowest BCUT2D eigenvalue weighted by molar-refractivity contribution is 0.467. The molecule has 0 aliphatic carbocycles. The second kappa shape index (κ2) is 5.86. The molecule has 0 heterocycles. The van der Waals surface area contributed by atoms with E-state index < -0.39 is 0 Å². The minimum atomic E-state index is 0. The van der Waals surface area contributed by atoms with E-state index in [1.807, 2.05) is 26.0 Å². The van der Waals surface area contributed by atoms with E-state index in [-0.39, 0.29) is 12.4 Å². The topological polar surface area (TPSA) is 23.5 Å². The van der Waals surface area contributed by atoms with Gasteiger partial charge in [-0.05, 0) is 51.0 Å². The van der Waals surface area contributed by atoms with Crippen molar-refractivity contribution < 1.29 is 5.11 Å². The first-order valence-corrected chi connectivity index (χ1v) is 5.15. The fourth-order valence-electron chi connectivity index (χ4n) is 1.70. The molecule has 0 fully saturated rings. The maximum Gasteiger partial charge on any atom is 0.121 e. The van der Waals surface area contributed by atoms with Crippen LogP contribution in [-0.4, -0.2) is 18.2 Å². The van der Waals surface area contributed by atoms with Gasteiger partial charge in [0.05, 0.1) is 0 Å². The molecule has 0 bridgehead atoms. The Balaban J connectivity index is 0.00000196. The Hall–Kier alpha value is -0.890. The molecule has 86 valence electrons. The van der Waals surface area contributed by atoms with Gasteiger partial charge in [0.1, 0.15) is 5.75 Å². The summed E-state index contributed by atoms with van der Waals surface area (Å²) in [7, 11) is 0. The number of phenols is 1. The lowest BCUT2D eigenvalue weighted by Crippen LogP contribution is -2.21. The minimum Gasteiger partial charge on any atom is -0.507 e. The van der Waals surface area contributed by atoms with Crippen LogP contribution in [0.3, 0.4) is 0 Å². The number of hydrogen-bond donors (Lipinski definition) is 1. The van der Waals surface area contributed by atoms with Crippen molar-refractivity contribution >= 4 is 18.1 Å². The first-order chi connectivity index (χ1) is 6.60. The zero-order valence-corrected chi connectivity index (χ0v) is 10.7. The van der Waals surface area contributed by atoms with Crippen LogP contribution in [0.4, 0.5) is 5.69 Å². The van der Waals surface area contributed by atoms with E-state index in [1.165, 1.54) is 5.69 Å². The predicted octanol–water partition coefficient (Wildman–Crippen LogP) is 3.28. The summed E-state index contributed by atoms with van der Waals surface area (Å²) in [4.78, 5) is 2.28. The Morgan fingerprint density at radius 2 is 1.47 bits per heavy atom. The second-order valence-corrected chi connectivity index (χ2v) is 3.60. The molecule has 0 amide bonds. The minimum absolute atomic E-state index is 0. The first-order valence-electron chi connectivity index (χ1n) is 5.15. The van der Waals surface area contributed by atoms with Gasteiger partial charge in [-0.15, -0.1) is 12.4 Å². The SMILES string of the molecule is CCN(CC)c1cc(C)c(O)c(C)c1.Cl. The molecule has 3 heteroatoms. The fraction of sp³-hybridized carbons (Fsp3) is 0.500. The number of nitrogens with zero attached hydrogens (tertiary/aromatic N) is 1. The summed E-state index contributed by atoms with van der Waals surface area (Å²) in [5.74, 6) is 0.418. The van der Waals surface area contributed by atoms with Gasteiger partial charge < -0.3 is 10.0 Å². The number of anilines is 1. The molecule has 1 rings (SSSR count). The molecule has 0 atom stereocenters. The first kappa shape index (κ1) is 14.1. The maximum atomic E-state index is 9.64. The molecule has 0 saturated heterocycles. The van der Waals surface area contributed by atoms with Crippen LogP contribution in [0.2, 0.25) is 0 Å². The van der Waals surface area contributed by atoms with Crippen molar-refractivity contribution in [3.8, 4) is 5.75 Å². The molecule has 0 radical (unpaired) electrons. The summed E-state index contributed by atoms with van der Waals surface area (Å²) in [6.45, 7) is 10.2. The van der Waals surface area contributed by atoms with E-state index in [0.717, 1.165) is 24.2 Å². The Morgan fingerprint density at radius 1 is 1.07 bits per heavy atom. The average Bonchev–Trinajstić information content (AvgIpc) is 2.16. The predicted molar refractivity (Wildman–Crippen MR) is 68.4 cm³/mol. The van der Waals surface area contributed by atoms with Crippen LogP contribution in [0.1, 0.15) is 25.0 Å². The van der Waals surface area contributed by atoms with Crippen molar-refractivity contribution in [3.05, 3.63) is 23.3 Å². The second-order valence-electron chi connectivity index (χ2n) is 3.60. The van der Waals surface area contributed by atoms with E-state index in [1.54, 1.807) is 0 Å². The van der Waals surface area contributed by atoms with Crippen LogP contribution in [0, 0.1) is 13.8 Å².